The fraction of sp³-hybridized carbons (Fsp3) is 0. The summed E-state index contributed by atoms with van der Waals surface area (Å²) in [6.07, 6.45) is 0. The van der Waals surface area contributed by atoms with Crippen molar-refractivity contribution in [3.8, 4) is 12.1 Å². The van der Waals surface area contributed by atoms with Crippen LogP contribution in [0.15, 0.2) is 93.8 Å². The Morgan fingerprint density at radius 3 is 1.38 bits per heavy atom. The van der Waals surface area contributed by atoms with Gasteiger partial charge in [0.05, 0.1) is 11.1 Å². The third-order valence-electron chi connectivity index (χ3n) is 5.80. The van der Waals surface area contributed by atoms with Crippen molar-refractivity contribution in [3.63, 3.8) is 0 Å². The van der Waals surface area contributed by atoms with Crippen molar-refractivity contribution in [2.24, 2.45) is 0 Å². The summed E-state index contributed by atoms with van der Waals surface area (Å²) in [5.74, 6) is 0. The Morgan fingerprint density at radius 2 is 0.938 bits per heavy atom. The maximum absolute atomic E-state index is 9.49. The molecule has 0 unspecified atom stereocenters. The van der Waals surface area contributed by atoms with Gasteiger partial charge < -0.3 is 8.83 Å². The van der Waals surface area contributed by atoms with Crippen LogP contribution in [0.5, 0.6) is 0 Å². The highest BCUT2D eigenvalue weighted by Gasteiger charge is 2.13. The molecule has 6 rings (SSSR count). The zero-order chi connectivity index (χ0) is 21.7. The molecule has 0 aliphatic carbocycles. The van der Waals surface area contributed by atoms with E-state index in [0.717, 1.165) is 32.3 Å². The van der Waals surface area contributed by atoms with Crippen molar-refractivity contribution >= 4 is 54.6 Å². The van der Waals surface area contributed by atoms with Crippen LogP contribution in [0.3, 0.4) is 0 Å². The molecule has 148 valence electrons. The number of nitrogens with zero attached hydrogens (tertiary/aromatic N) is 2. The zero-order valence-corrected chi connectivity index (χ0v) is 16.8. The quantitative estimate of drug-likeness (QED) is 0.260. The molecule has 32 heavy (non-hydrogen) atoms. The van der Waals surface area contributed by atoms with E-state index in [9.17, 15) is 10.5 Å². The first-order valence-corrected chi connectivity index (χ1v) is 10.1. The Morgan fingerprint density at radius 1 is 0.500 bits per heavy atom. The maximum atomic E-state index is 9.49. The van der Waals surface area contributed by atoms with Crippen LogP contribution in [0, 0.1) is 22.7 Å². The van der Waals surface area contributed by atoms with Crippen LogP contribution < -0.4 is 0 Å². The minimum Gasteiger partial charge on any atom is -0.453 e. The Balaban J connectivity index is 1.99. The molecule has 0 radical (unpaired) electrons. The van der Waals surface area contributed by atoms with E-state index < -0.39 is 0 Å². The summed E-state index contributed by atoms with van der Waals surface area (Å²) in [4.78, 5) is 0. The van der Waals surface area contributed by atoms with Crippen LogP contribution in [0.25, 0.3) is 54.6 Å². The number of nitriles is 2. The largest absolute Gasteiger partial charge is 0.453 e. The van der Waals surface area contributed by atoms with Gasteiger partial charge in [-0.2, -0.15) is 10.5 Å². The van der Waals surface area contributed by atoms with E-state index in [2.05, 4.69) is 36.4 Å². The van der Waals surface area contributed by atoms with Crippen LogP contribution in [-0.4, -0.2) is 0 Å². The van der Waals surface area contributed by atoms with Gasteiger partial charge >= 0.3 is 0 Å². The lowest BCUT2D eigenvalue weighted by molar-refractivity contribution is 0.619. The molecule has 0 aliphatic heterocycles. The fourth-order valence-electron chi connectivity index (χ4n) is 4.33. The van der Waals surface area contributed by atoms with Gasteiger partial charge in [0.1, 0.15) is 23.3 Å². The number of rotatable bonds is 0. The molecule has 0 saturated heterocycles. The summed E-state index contributed by atoms with van der Waals surface area (Å²) in [6.45, 7) is 0. The Kier molecular flexibility index (Phi) is 3.87. The van der Waals surface area contributed by atoms with Crippen molar-refractivity contribution in [1.82, 2.24) is 0 Å². The maximum Gasteiger partial charge on any atom is 0.171 e. The third-order valence-corrected chi connectivity index (χ3v) is 5.80. The highest BCUT2D eigenvalue weighted by atomic mass is 16.4. The highest BCUT2D eigenvalue weighted by Crippen LogP contribution is 2.36. The molecule has 1 heterocycles. The topological polar surface area (TPSA) is 73.9 Å². The molecule has 0 fully saturated rings. The van der Waals surface area contributed by atoms with Crippen molar-refractivity contribution in [1.29, 1.82) is 10.5 Å². The lowest BCUT2D eigenvalue weighted by Gasteiger charge is -2.09. The predicted molar refractivity (Wildman–Crippen MR) is 126 cm³/mol. The number of benzene rings is 5. The second-order valence-corrected chi connectivity index (χ2v) is 7.59. The molecule has 4 heteroatoms. The standard InChI is InChI=1S/C28H14N2O2/c29-15-19-13-25-26(14-20(19)16-30)32-24-12-10-18-6-2-4-8-22(18)28(24)27-21-7-3-1-5-17(21)9-11-23(27)31-25/h1-14H. The second-order valence-electron chi connectivity index (χ2n) is 7.59. The van der Waals surface area contributed by atoms with Crippen LogP contribution in [0.4, 0.5) is 0 Å². The minimum absolute atomic E-state index is 0.247. The Labute approximate surface area is 182 Å². The van der Waals surface area contributed by atoms with Gasteiger partial charge in [0.2, 0.25) is 0 Å². The van der Waals surface area contributed by atoms with E-state index in [4.69, 9.17) is 8.83 Å². The van der Waals surface area contributed by atoms with E-state index in [0.29, 0.717) is 22.3 Å². The third kappa shape index (κ3) is 2.61. The smallest absolute Gasteiger partial charge is 0.171 e. The second kappa shape index (κ2) is 6.87. The van der Waals surface area contributed by atoms with Crippen LogP contribution in [0.1, 0.15) is 11.1 Å². The van der Waals surface area contributed by atoms with Gasteiger partial charge in [-0.15, -0.1) is 0 Å². The van der Waals surface area contributed by atoms with Crippen LogP contribution >= 0.6 is 0 Å². The summed E-state index contributed by atoms with van der Waals surface area (Å²) in [7, 11) is 0. The normalized spacial score (nSPS) is 11.1. The van der Waals surface area contributed by atoms with Gasteiger partial charge in [0.15, 0.2) is 11.2 Å². The average Bonchev–Trinajstić information content (AvgIpc) is 2.83. The first-order valence-electron chi connectivity index (χ1n) is 10.1. The summed E-state index contributed by atoms with van der Waals surface area (Å²) in [6, 6.07) is 31.5. The molecule has 0 atom stereocenters. The monoisotopic (exact) mass is 410 g/mol. The van der Waals surface area contributed by atoms with Crippen molar-refractivity contribution < 1.29 is 8.83 Å². The van der Waals surface area contributed by atoms with Gasteiger partial charge in [-0.3, -0.25) is 0 Å². The van der Waals surface area contributed by atoms with Gasteiger partial charge in [-0.25, -0.2) is 0 Å². The van der Waals surface area contributed by atoms with E-state index in [1.807, 2.05) is 48.5 Å². The minimum atomic E-state index is 0.247. The molecular formula is C28H14N2O2. The lowest BCUT2D eigenvalue weighted by atomic mass is 9.98. The van der Waals surface area contributed by atoms with E-state index in [1.165, 1.54) is 0 Å². The van der Waals surface area contributed by atoms with Crippen molar-refractivity contribution in [2.75, 3.05) is 0 Å². The van der Waals surface area contributed by atoms with Gasteiger partial charge in [-0.05, 0) is 33.7 Å². The molecule has 0 saturated carbocycles. The number of hydrogen-bond acceptors (Lipinski definition) is 4. The van der Waals surface area contributed by atoms with Crippen LogP contribution in [-0.2, 0) is 0 Å². The summed E-state index contributed by atoms with van der Waals surface area (Å²) in [5, 5.41) is 25.1. The van der Waals surface area contributed by atoms with E-state index in [1.54, 1.807) is 12.1 Å². The molecular weight excluding hydrogens is 396 g/mol. The number of hydrogen-bond donors (Lipinski definition) is 0. The van der Waals surface area contributed by atoms with Gasteiger partial charge in [-0.1, -0.05) is 60.7 Å². The van der Waals surface area contributed by atoms with E-state index >= 15 is 0 Å². The lowest BCUT2D eigenvalue weighted by Crippen LogP contribution is -1.86. The van der Waals surface area contributed by atoms with Crippen molar-refractivity contribution in [3.05, 3.63) is 96.1 Å². The van der Waals surface area contributed by atoms with Crippen molar-refractivity contribution in [2.45, 2.75) is 0 Å². The van der Waals surface area contributed by atoms with Crippen LogP contribution in [0.2, 0.25) is 0 Å². The molecule has 0 amide bonds. The number of fused-ring (bicyclic) bond motifs is 8. The Hall–Kier alpha value is -4.80. The molecule has 1 aromatic heterocycles. The average molecular weight is 410 g/mol. The van der Waals surface area contributed by atoms with E-state index in [-0.39, 0.29) is 11.1 Å². The summed E-state index contributed by atoms with van der Waals surface area (Å²) in [5.41, 5.74) is 2.62. The molecule has 4 nitrogen and oxygen atoms in total. The van der Waals surface area contributed by atoms with Gasteiger partial charge in [0.25, 0.3) is 0 Å². The first-order chi connectivity index (χ1) is 15.8. The first kappa shape index (κ1) is 18.0. The summed E-state index contributed by atoms with van der Waals surface area (Å²) >= 11 is 0. The Bertz CT molecular complexity index is 1720. The summed E-state index contributed by atoms with van der Waals surface area (Å²) < 4.78 is 12.7. The molecule has 0 N–H and O–H groups in total. The molecule has 0 aliphatic rings. The molecule has 6 aromatic rings. The zero-order valence-electron chi connectivity index (χ0n) is 16.8. The molecule has 0 spiro atoms. The molecule has 5 aromatic carbocycles. The fourth-order valence-corrected chi connectivity index (χ4v) is 4.33. The van der Waals surface area contributed by atoms with Gasteiger partial charge in [0, 0.05) is 22.9 Å². The highest BCUT2D eigenvalue weighted by molar-refractivity contribution is 6.24. The predicted octanol–water partition coefficient (Wildman–Crippen LogP) is 7.51. The molecule has 0 bridgehead atoms. The SMILES string of the molecule is N#Cc1cc2oc3ccc4ccccc4c3c3c(ccc4ccccc43)oc2cc1C#N.